The molecule has 4 nitrogen and oxygen atoms in total. The monoisotopic (exact) mass is 278 g/mol. The van der Waals surface area contributed by atoms with Crippen molar-refractivity contribution in [2.45, 2.75) is 57.9 Å². The maximum absolute atomic E-state index is 12.2. The lowest BCUT2D eigenvalue weighted by molar-refractivity contribution is -0.136. The second kappa shape index (κ2) is 5.74. The lowest BCUT2D eigenvalue weighted by Crippen LogP contribution is -2.60. The summed E-state index contributed by atoms with van der Waals surface area (Å²) in [6, 6.07) is 0.190. The van der Waals surface area contributed by atoms with Gasteiger partial charge in [-0.25, -0.2) is 0 Å². The number of amides is 2. The second-order valence-electron chi connectivity index (χ2n) is 6.94. The molecular formula is C16H26N2O2. The minimum absolute atomic E-state index is 0.109. The molecule has 1 N–H and O–H groups in total. The normalized spacial score (nSPS) is 24.0. The zero-order chi connectivity index (χ0) is 14.1. The molecule has 2 saturated carbocycles. The fraction of sp³-hybridized carbons (Fsp3) is 0.875. The van der Waals surface area contributed by atoms with Crippen LogP contribution in [0.4, 0.5) is 0 Å². The van der Waals surface area contributed by atoms with Gasteiger partial charge in [0.05, 0.1) is 6.04 Å². The molecule has 112 valence electrons. The van der Waals surface area contributed by atoms with Crippen molar-refractivity contribution in [3.8, 4) is 0 Å². The van der Waals surface area contributed by atoms with Crippen LogP contribution >= 0.6 is 0 Å². The Morgan fingerprint density at radius 2 is 1.65 bits per heavy atom. The van der Waals surface area contributed by atoms with Crippen molar-refractivity contribution in [2.24, 2.45) is 17.8 Å². The fourth-order valence-corrected chi connectivity index (χ4v) is 3.78. The number of hydrogen-bond donors (Lipinski definition) is 1. The zero-order valence-electron chi connectivity index (χ0n) is 12.4. The van der Waals surface area contributed by atoms with Crippen LogP contribution in [0.5, 0.6) is 0 Å². The molecule has 0 aromatic carbocycles. The molecule has 20 heavy (non-hydrogen) atoms. The molecule has 0 radical (unpaired) electrons. The molecule has 2 aliphatic carbocycles. The van der Waals surface area contributed by atoms with Crippen LogP contribution in [0.1, 0.15) is 51.9 Å². The number of nitrogens with zero attached hydrogens (tertiary/aromatic N) is 1. The SMILES string of the molecule is CC(=O)N1CC(NC(=O)CC(C2CCC2)C2CCC2)C1. The van der Waals surface area contributed by atoms with Crippen LogP contribution in [0.3, 0.4) is 0 Å². The van der Waals surface area contributed by atoms with Gasteiger partial charge in [-0.3, -0.25) is 9.59 Å². The fourth-order valence-electron chi connectivity index (χ4n) is 3.78. The van der Waals surface area contributed by atoms with Gasteiger partial charge < -0.3 is 10.2 Å². The van der Waals surface area contributed by atoms with E-state index in [1.807, 2.05) is 0 Å². The minimum atomic E-state index is 0.109. The standard InChI is InChI=1S/C16H26N2O2/c1-11(19)18-9-14(10-18)17-16(20)8-15(12-4-2-5-12)13-6-3-7-13/h12-15H,2-10H2,1H3,(H,17,20). The van der Waals surface area contributed by atoms with Gasteiger partial charge in [0.15, 0.2) is 0 Å². The van der Waals surface area contributed by atoms with Gasteiger partial charge in [-0.1, -0.05) is 38.5 Å². The van der Waals surface area contributed by atoms with Crippen molar-refractivity contribution < 1.29 is 9.59 Å². The summed E-state index contributed by atoms with van der Waals surface area (Å²) in [6.45, 7) is 2.97. The first kappa shape index (κ1) is 13.9. The number of nitrogens with one attached hydrogen (secondary N) is 1. The summed E-state index contributed by atoms with van der Waals surface area (Å²) >= 11 is 0. The molecule has 4 heteroatoms. The van der Waals surface area contributed by atoms with Crippen molar-refractivity contribution in [2.75, 3.05) is 13.1 Å². The van der Waals surface area contributed by atoms with Gasteiger partial charge >= 0.3 is 0 Å². The molecule has 0 spiro atoms. The van der Waals surface area contributed by atoms with Crippen molar-refractivity contribution in [3.63, 3.8) is 0 Å². The summed E-state index contributed by atoms with van der Waals surface area (Å²) < 4.78 is 0. The van der Waals surface area contributed by atoms with Crippen molar-refractivity contribution >= 4 is 11.8 Å². The van der Waals surface area contributed by atoms with E-state index in [1.54, 1.807) is 11.8 Å². The van der Waals surface area contributed by atoms with Gasteiger partial charge in [0.25, 0.3) is 0 Å². The summed E-state index contributed by atoms with van der Waals surface area (Å²) in [4.78, 5) is 25.1. The molecule has 0 atom stereocenters. The highest BCUT2D eigenvalue weighted by atomic mass is 16.2. The number of carbonyl (C=O) groups is 2. The predicted molar refractivity (Wildman–Crippen MR) is 77.0 cm³/mol. The molecule has 1 aliphatic heterocycles. The van der Waals surface area contributed by atoms with Gasteiger partial charge in [0.1, 0.15) is 0 Å². The quantitative estimate of drug-likeness (QED) is 0.835. The molecule has 3 rings (SSSR count). The maximum atomic E-state index is 12.2. The van der Waals surface area contributed by atoms with Crippen LogP contribution in [-0.4, -0.2) is 35.8 Å². The van der Waals surface area contributed by atoms with Crippen LogP contribution in [0, 0.1) is 17.8 Å². The van der Waals surface area contributed by atoms with E-state index in [-0.39, 0.29) is 17.9 Å². The molecule has 1 heterocycles. The van der Waals surface area contributed by atoms with E-state index in [1.165, 1.54) is 38.5 Å². The summed E-state index contributed by atoms with van der Waals surface area (Å²) in [5.41, 5.74) is 0. The lowest BCUT2D eigenvalue weighted by atomic mass is 9.63. The van der Waals surface area contributed by atoms with E-state index in [0.29, 0.717) is 25.4 Å². The van der Waals surface area contributed by atoms with Gasteiger partial charge in [0, 0.05) is 26.4 Å². The van der Waals surface area contributed by atoms with Crippen LogP contribution in [0.15, 0.2) is 0 Å². The third-order valence-electron chi connectivity index (χ3n) is 5.62. The van der Waals surface area contributed by atoms with Crippen LogP contribution in [-0.2, 0) is 9.59 Å². The average Bonchev–Trinajstić information content (AvgIpc) is 2.16. The van der Waals surface area contributed by atoms with Crippen LogP contribution in [0.25, 0.3) is 0 Å². The molecule has 3 fully saturated rings. The highest BCUT2D eigenvalue weighted by Gasteiger charge is 2.38. The minimum Gasteiger partial charge on any atom is -0.350 e. The Kier molecular flexibility index (Phi) is 3.99. The summed E-state index contributed by atoms with van der Waals surface area (Å²) in [5, 5.41) is 3.10. The highest BCUT2D eigenvalue weighted by molar-refractivity contribution is 5.78. The Balaban J connectivity index is 1.43. The van der Waals surface area contributed by atoms with E-state index in [0.717, 1.165) is 11.8 Å². The summed E-state index contributed by atoms with van der Waals surface area (Å²) in [6.07, 6.45) is 8.74. The zero-order valence-corrected chi connectivity index (χ0v) is 12.4. The second-order valence-corrected chi connectivity index (χ2v) is 6.94. The Morgan fingerprint density at radius 1 is 1.10 bits per heavy atom. The number of rotatable bonds is 5. The number of likely N-dealkylation sites (tertiary alicyclic amines) is 1. The van der Waals surface area contributed by atoms with Gasteiger partial charge in [-0.15, -0.1) is 0 Å². The number of hydrogen-bond acceptors (Lipinski definition) is 2. The third-order valence-corrected chi connectivity index (χ3v) is 5.62. The predicted octanol–water partition coefficient (Wildman–Crippen LogP) is 1.94. The van der Waals surface area contributed by atoms with E-state index < -0.39 is 0 Å². The van der Waals surface area contributed by atoms with E-state index in [2.05, 4.69) is 5.32 Å². The molecule has 0 aromatic rings. The molecule has 2 amide bonds. The first-order valence-corrected chi connectivity index (χ1v) is 8.18. The van der Waals surface area contributed by atoms with E-state index in [4.69, 9.17) is 0 Å². The van der Waals surface area contributed by atoms with Gasteiger partial charge in [-0.2, -0.15) is 0 Å². The highest BCUT2D eigenvalue weighted by Crippen LogP contribution is 2.45. The largest absolute Gasteiger partial charge is 0.350 e. The Hall–Kier alpha value is -1.06. The lowest BCUT2D eigenvalue weighted by Gasteiger charge is -2.43. The van der Waals surface area contributed by atoms with Crippen LogP contribution < -0.4 is 5.32 Å². The Morgan fingerprint density at radius 3 is 2.05 bits per heavy atom. The van der Waals surface area contributed by atoms with Gasteiger partial charge in [0.2, 0.25) is 11.8 Å². The molecular weight excluding hydrogens is 252 g/mol. The molecule has 0 bridgehead atoms. The van der Waals surface area contributed by atoms with Crippen molar-refractivity contribution in [1.82, 2.24) is 10.2 Å². The Labute approximate surface area is 121 Å². The topological polar surface area (TPSA) is 49.4 Å². The molecule has 0 unspecified atom stereocenters. The summed E-state index contributed by atoms with van der Waals surface area (Å²) in [5.74, 6) is 2.56. The van der Waals surface area contributed by atoms with Crippen molar-refractivity contribution in [3.05, 3.63) is 0 Å². The first-order valence-electron chi connectivity index (χ1n) is 8.18. The average molecular weight is 278 g/mol. The van der Waals surface area contributed by atoms with Crippen LogP contribution in [0.2, 0.25) is 0 Å². The number of carbonyl (C=O) groups excluding carboxylic acids is 2. The van der Waals surface area contributed by atoms with E-state index in [9.17, 15) is 9.59 Å². The first-order chi connectivity index (χ1) is 9.63. The maximum Gasteiger partial charge on any atom is 0.220 e. The molecule has 3 aliphatic rings. The third kappa shape index (κ3) is 2.84. The van der Waals surface area contributed by atoms with E-state index >= 15 is 0 Å². The Bertz CT molecular complexity index is 368. The summed E-state index contributed by atoms with van der Waals surface area (Å²) in [7, 11) is 0. The van der Waals surface area contributed by atoms with Crippen molar-refractivity contribution in [1.29, 1.82) is 0 Å². The molecule has 0 aromatic heterocycles. The smallest absolute Gasteiger partial charge is 0.220 e. The molecule has 1 saturated heterocycles. The van der Waals surface area contributed by atoms with Gasteiger partial charge in [-0.05, 0) is 17.8 Å².